The Morgan fingerprint density at radius 1 is 1.54 bits per heavy atom. The number of aromatic hydroxyl groups is 1. The summed E-state index contributed by atoms with van der Waals surface area (Å²) < 4.78 is 1.67. The van der Waals surface area contributed by atoms with Gasteiger partial charge in [-0.1, -0.05) is 6.07 Å². The van der Waals surface area contributed by atoms with Crippen molar-refractivity contribution in [3.63, 3.8) is 0 Å². The number of phenols is 1. The van der Waals surface area contributed by atoms with Gasteiger partial charge in [0.15, 0.2) is 0 Å². The minimum absolute atomic E-state index is 0.190. The molecule has 0 radical (unpaired) electrons. The first-order valence-corrected chi connectivity index (χ1v) is 4.18. The van der Waals surface area contributed by atoms with Gasteiger partial charge in [-0.25, -0.2) is 4.68 Å². The number of aromatic nitrogens is 2. The first-order valence-electron chi connectivity index (χ1n) is 4.18. The number of anilines is 1. The van der Waals surface area contributed by atoms with Crippen LogP contribution in [0.3, 0.4) is 0 Å². The second-order valence-corrected chi connectivity index (χ2v) is 2.87. The highest BCUT2D eigenvalue weighted by atomic mass is 16.3. The topological polar surface area (TPSA) is 64.1 Å². The van der Waals surface area contributed by atoms with E-state index in [1.807, 2.05) is 13.0 Å². The van der Waals surface area contributed by atoms with Gasteiger partial charge in [-0.15, -0.1) is 0 Å². The highest BCUT2D eigenvalue weighted by molar-refractivity contribution is 5.94. The molecule has 0 amide bonds. The number of nitrogen functional groups attached to an aromatic ring is 1. The smallest absolute Gasteiger partial charge is 0.133 e. The van der Waals surface area contributed by atoms with Crippen molar-refractivity contribution >= 4 is 16.7 Å². The van der Waals surface area contributed by atoms with Crippen LogP contribution in [0, 0.1) is 0 Å². The van der Waals surface area contributed by atoms with Crippen LogP contribution in [-0.4, -0.2) is 14.9 Å². The van der Waals surface area contributed by atoms with Gasteiger partial charge in [0.25, 0.3) is 0 Å². The minimum atomic E-state index is 0.190. The number of nitrogens with two attached hydrogens (primary N) is 1. The van der Waals surface area contributed by atoms with E-state index in [0.29, 0.717) is 17.7 Å². The van der Waals surface area contributed by atoms with Gasteiger partial charge in [-0.2, -0.15) is 5.10 Å². The minimum Gasteiger partial charge on any atom is -0.507 e. The number of fused-ring (bicyclic) bond motifs is 1. The van der Waals surface area contributed by atoms with Crippen LogP contribution in [0.2, 0.25) is 0 Å². The standard InChI is InChI=1S/C9H11N3O/c1-2-12-9(10)8-6(11-12)4-3-5-7(8)13/h3-5,13H,2,10H2,1H3. The van der Waals surface area contributed by atoms with Crippen molar-refractivity contribution in [1.82, 2.24) is 9.78 Å². The molecule has 4 nitrogen and oxygen atoms in total. The molecule has 13 heavy (non-hydrogen) atoms. The molecule has 0 saturated carbocycles. The largest absolute Gasteiger partial charge is 0.507 e. The Morgan fingerprint density at radius 3 is 2.92 bits per heavy atom. The maximum absolute atomic E-state index is 9.53. The van der Waals surface area contributed by atoms with E-state index >= 15 is 0 Å². The average Bonchev–Trinajstić information content (AvgIpc) is 2.44. The number of rotatable bonds is 1. The second kappa shape index (κ2) is 2.65. The summed E-state index contributed by atoms with van der Waals surface area (Å²) in [5.74, 6) is 0.713. The van der Waals surface area contributed by atoms with Gasteiger partial charge in [0.2, 0.25) is 0 Å². The van der Waals surface area contributed by atoms with Crippen LogP contribution in [0.5, 0.6) is 5.75 Å². The molecule has 1 aromatic carbocycles. The van der Waals surface area contributed by atoms with Crippen molar-refractivity contribution in [3.05, 3.63) is 18.2 Å². The Kier molecular flexibility index (Phi) is 1.62. The van der Waals surface area contributed by atoms with Gasteiger partial charge in [0.05, 0.1) is 10.9 Å². The second-order valence-electron chi connectivity index (χ2n) is 2.87. The molecule has 3 N–H and O–H groups in total. The molecule has 0 atom stereocenters. The molecule has 0 aliphatic heterocycles. The third-order valence-corrected chi connectivity index (χ3v) is 2.08. The van der Waals surface area contributed by atoms with Crippen LogP contribution in [0.25, 0.3) is 10.9 Å². The Bertz CT molecular complexity index is 447. The molecule has 0 spiro atoms. The van der Waals surface area contributed by atoms with E-state index in [1.54, 1.807) is 16.8 Å². The molecule has 0 aliphatic carbocycles. The number of phenolic OH excluding ortho intramolecular Hbond substituents is 1. The van der Waals surface area contributed by atoms with Gasteiger partial charge in [0, 0.05) is 6.54 Å². The van der Waals surface area contributed by atoms with E-state index in [1.165, 1.54) is 0 Å². The Balaban J connectivity index is 2.85. The van der Waals surface area contributed by atoms with Gasteiger partial charge < -0.3 is 10.8 Å². The molecule has 0 saturated heterocycles. The first-order chi connectivity index (χ1) is 6.24. The molecule has 2 aromatic rings. The summed E-state index contributed by atoms with van der Waals surface area (Å²) in [6, 6.07) is 5.20. The van der Waals surface area contributed by atoms with Crippen LogP contribution in [0.1, 0.15) is 6.92 Å². The summed E-state index contributed by atoms with van der Waals surface area (Å²) in [5, 5.41) is 14.4. The predicted octanol–water partition coefficient (Wildman–Crippen LogP) is 1.34. The molecule has 1 heterocycles. The number of benzene rings is 1. The summed E-state index contributed by atoms with van der Waals surface area (Å²) in [5.41, 5.74) is 6.53. The van der Waals surface area contributed by atoms with Gasteiger partial charge in [0.1, 0.15) is 11.6 Å². The quantitative estimate of drug-likeness (QED) is 0.691. The van der Waals surface area contributed by atoms with Crippen molar-refractivity contribution in [2.24, 2.45) is 0 Å². The molecular weight excluding hydrogens is 166 g/mol. The monoisotopic (exact) mass is 177 g/mol. The SMILES string of the molecule is CCn1nc2cccc(O)c2c1N. The summed E-state index contributed by atoms with van der Waals surface area (Å²) in [7, 11) is 0. The van der Waals surface area contributed by atoms with Crippen molar-refractivity contribution in [2.75, 3.05) is 5.73 Å². The lowest BCUT2D eigenvalue weighted by atomic mass is 10.2. The third-order valence-electron chi connectivity index (χ3n) is 2.08. The van der Waals surface area contributed by atoms with Gasteiger partial charge in [-0.3, -0.25) is 0 Å². The molecule has 1 aromatic heterocycles. The van der Waals surface area contributed by atoms with Crippen LogP contribution < -0.4 is 5.73 Å². The lowest BCUT2D eigenvalue weighted by Crippen LogP contribution is -2.01. The van der Waals surface area contributed by atoms with E-state index in [9.17, 15) is 5.11 Å². The zero-order valence-electron chi connectivity index (χ0n) is 7.36. The van der Waals surface area contributed by atoms with E-state index in [-0.39, 0.29) is 5.75 Å². The maximum Gasteiger partial charge on any atom is 0.133 e. The summed E-state index contributed by atoms with van der Waals surface area (Å²) >= 11 is 0. The normalized spacial score (nSPS) is 10.8. The molecule has 0 aliphatic rings. The number of hydrogen-bond donors (Lipinski definition) is 2. The highest BCUT2D eigenvalue weighted by Gasteiger charge is 2.09. The van der Waals surface area contributed by atoms with E-state index in [4.69, 9.17) is 5.73 Å². The fourth-order valence-corrected chi connectivity index (χ4v) is 1.43. The van der Waals surface area contributed by atoms with Gasteiger partial charge in [-0.05, 0) is 19.1 Å². The fraction of sp³-hybridized carbons (Fsp3) is 0.222. The van der Waals surface area contributed by atoms with Crippen molar-refractivity contribution in [2.45, 2.75) is 13.5 Å². The zero-order valence-corrected chi connectivity index (χ0v) is 7.36. The molecule has 0 bridgehead atoms. The molecule has 0 unspecified atom stereocenters. The van der Waals surface area contributed by atoms with Crippen LogP contribution in [0.15, 0.2) is 18.2 Å². The van der Waals surface area contributed by atoms with Crippen molar-refractivity contribution < 1.29 is 5.11 Å². The lowest BCUT2D eigenvalue weighted by molar-refractivity contribution is 0.482. The maximum atomic E-state index is 9.53. The first kappa shape index (κ1) is 7.91. The molecule has 0 fully saturated rings. The predicted molar refractivity (Wildman–Crippen MR) is 51.5 cm³/mol. The summed E-state index contributed by atoms with van der Waals surface area (Å²) in [6.45, 7) is 2.67. The van der Waals surface area contributed by atoms with Crippen LogP contribution in [-0.2, 0) is 6.54 Å². The van der Waals surface area contributed by atoms with Crippen LogP contribution >= 0.6 is 0 Å². The Labute approximate surface area is 75.6 Å². The van der Waals surface area contributed by atoms with E-state index in [2.05, 4.69) is 5.10 Å². The summed E-state index contributed by atoms with van der Waals surface area (Å²) in [4.78, 5) is 0. The van der Waals surface area contributed by atoms with Crippen LogP contribution in [0.4, 0.5) is 5.82 Å². The molecular formula is C9H11N3O. The van der Waals surface area contributed by atoms with Crippen molar-refractivity contribution in [1.29, 1.82) is 0 Å². The van der Waals surface area contributed by atoms with E-state index in [0.717, 1.165) is 5.52 Å². The molecule has 2 rings (SSSR count). The summed E-state index contributed by atoms with van der Waals surface area (Å²) in [6.07, 6.45) is 0. The highest BCUT2D eigenvalue weighted by Crippen LogP contribution is 2.28. The number of aryl methyl sites for hydroxylation is 1. The zero-order chi connectivity index (χ0) is 9.42. The number of hydrogen-bond acceptors (Lipinski definition) is 3. The molecule has 4 heteroatoms. The lowest BCUT2D eigenvalue weighted by Gasteiger charge is -1.97. The molecule has 68 valence electrons. The third kappa shape index (κ3) is 1.02. The Hall–Kier alpha value is -1.71. The van der Waals surface area contributed by atoms with E-state index < -0.39 is 0 Å². The Morgan fingerprint density at radius 2 is 2.31 bits per heavy atom. The average molecular weight is 177 g/mol. The van der Waals surface area contributed by atoms with Crippen molar-refractivity contribution in [3.8, 4) is 5.75 Å². The number of nitrogens with zero attached hydrogens (tertiary/aromatic N) is 2. The van der Waals surface area contributed by atoms with Gasteiger partial charge >= 0.3 is 0 Å². The fourth-order valence-electron chi connectivity index (χ4n) is 1.43.